The van der Waals surface area contributed by atoms with Crippen molar-refractivity contribution in [1.29, 1.82) is 0 Å². The van der Waals surface area contributed by atoms with Crippen molar-refractivity contribution in [2.24, 2.45) is 0 Å². The van der Waals surface area contributed by atoms with E-state index < -0.39 is 0 Å². The second-order valence-corrected chi connectivity index (χ2v) is 3.94. The van der Waals surface area contributed by atoms with Gasteiger partial charge in [0.1, 0.15) is 5.82 Å². The lowest BCUT2D eigenvalue weighted by molar-refractivity contribution is 0.580. The molecule has 0 amide bonds. The number of hydrogen-bond donors (Lipinski definition) is 0. The molecule has 0 unspecified atom stereocenters. The normalized spacial score (nSPS) is 18.7. The zero-order chi connectivity index (χ0) is 10.6. The maximum absolute atomic E-state index is 13.6. The average molecular weight is 204 g/mol. The number of aromatic nitrogens is 2. The molecule has 3 rings (SSSR count). The van der Waals surface area contributed by atoms with Crippen molar-refractivity contribution >= 4 is 11.0 Å². The van der Waals surface area contributed by atoms with E-state index in [1.807, 2.05) is 6.92 Å². The Bertz CT molecular complexity index is 618. The Labute approximate surface area is 85.2 Å². The fourth-order valence-corrected chi connectivity index (χ4v) is 2.28. The van der Waals surface area contributed by atoms with E-state index in [0.29, 0.717) is 23.1 Å². The molecular weight excluding hydrogens is 195 g/mol. The topological polar surface area (TPSA) is 34.9 Å². The first-order valence-corrected chi connectivity index (χ1v) is 4.86. The first kappa shape index (κ1) is 8.59. The van der Waals surface area contributed by atoms with Crippen molar-refractivity contribution in [2.45, 2.75) is 19.4 Å². The van der Waals surface area contributed by atoms with Gasteiger partial charge in [0.05, 0.1) is 17.2 Å². The van der Waals surface area contributed by atoms with Crippen LogP contribution in [0.4, 0.5) is 4.39 Å². The minimum absolute atomic E-state index is 0.0469. The fourth-order valence-electron chi connectivity index (χ4n) is 2.28. The lowest BCUT2D eigenvalue weighted by Gasteiger charge is -2.03. The van der Waals surface area contributed by atoms with Crippen LogP contribution in [0.25, 0.3) is 11.0 Å². The van der Waals surface area contributed by atoms with Gasteiger partial charge in [-0.2, -0.15) is 0 Å². The van der Waals surface area contributed by atoms with E-state index in [1.54, 1.807) is 10.6 Å². The molecule has 0 aliphatic carbocycles. The number of benzene rings is 1. The number of halogens is 1. The van der Waals surface area contributed by atoms with E-state index in [9.17, 15) is 9.18 Å². The van der Waals surface area contributed by atoms with E-state index in [1.165, 1.54) is 12.3 Å². The molecule has 0 fully saturated rings. The number of nitrogens with zero attached hydrogens (tertiary/aromatic N) is 2. The highest BCUT2D eigenvalue weighted by Crippen LogP contribution is 2.33. The Kier molecular flexibility index (Phi) is 1.52. The first-order chi connectivity index (χ1) is 7.18. The summed E-state index contributed by atoms with van der Waals surface area (Å²) in [5.41, 5.74) is 1.82. The van der Waals surface area contributed by atoms with Crippen molar-refractivity contribution in [1.82, 2.24) is 9.55 Å². The Hall–Kier alpha value is -1.71. The Morgan fingerprint density at radius 3 is 3.13 bits per heavy atom. The summed E-state index contributed by atoms with van der Waals surface area (Å²) in [6.45, 7) is 2.47. The van der Waals surface area contributed by atoms with Gasteiger partial charge in [-0.15, -0.1) is 0 Å². The molecule has 3 nitrogen and oxygen atoms in total. The van der Waals surface area contributed by atoms with Crippen LogP contribution in [0.15, 0.2) is 23.1 Å². The van der Waals surface area contributed by atoms with E-state index in [-0.39, 0.29) is 17.3 Å². The number of rotatable bonds is 0. The summed E-state index contributed by atoms with van der Waals surface area (Å²) in [7, 11) is 0. The molecular formula is C11H9FN2O. The smallest absolute Gasteiger partial charge is 0.269 e. The molecule has 1 aliphatic heterocycles. The van der Waals surface area contributed by atoms with Crippen molar-refractivity contribution in [3.63, 3.8) is 0 Å². The molecule has 15 heavy (non-hydrogen) atoms. The molecule has 0 saturated heterocycles. The van der Waals surface area contributed by atoms with Gasteiger partial charge in [-0.25, -0.2) is 9.37 Å². The van der Waals surface area contributed by atoms with Crippen LogP contribution >= 0.6 is 0 Å². The fraction of sp³-hybridized carbons (Fsp3) is 0.273. The van der Waals surface area contributed by atoms with Gasteiger partial charge in [0.2, 0.25) is 0 Å². The summed E-state index contributed by atoms with van der Waals surface area (Å²) >= 11 is 0. The van der Waals surface area contributed by atoms with Gasteiger partial charge in [-0.1, -0.05) is 6.92 Å². The molecule has 1 aromatic heterocycles. The van der Waals surface area contributed by atoms with E-state index in [4.69, 9.17) is 0 Å². The lowest BCUT2D eigenvalue weighted by atomic mass is 10.0. The predicted molar refractivity (Wildman–Crippen MR) is 54.4 cm³/mol. The summed E-state index contributed by atoms with van der Waals surface area (Å²) in [6.07, 6.45) is 1.29. The van der Waals surface area contributed by atoms with Gasteiger partial charge in [-0.05, 0) is 12.1 Å². The van der Waals surface area contributed by atoms with Gasteiger partial charge in [0.25, 0.3) is 5.56 Å². The monoisotopic (exact) mass is 204 g/mol. The average Bonchev–Trinajstić information content (AvgIpc) is 2.56. The number of hydrogen-bond acceptors (Lipinski definition) is 2. The van der Waals surface area contributed by atoms with Crippen LogP contribution in [0.5, 0.6) is 0 Å². The lowest BCUT2D eigenvalue weighted by Crippen LogP contribution is -2.17. The molecule has 2 aromatic rings. The second-order valence-electron chi connectivity index (χ2n) is 3.94. The largest absolute Gasteiger partial charge is 0.304 e. The summed E-state index contributed by atoms with van der Waals surface area (Å²) in [6, 6.07) is 3.03. The van der Waals surface area contributed by atoms with Crippen molar-refractivity contribution in [3.8, 4) is 0 Å². The molecule has 1 atom stereocenters. The molecule has 0 radical (unpaired) electrons. The van der Waals surface area contributed by atoms with Gasteiger partial charge < -0.3 is 4.57 Å². The Morgan fingerprint density at radius 2 is 2.33 bits per heavy atom. The van der Waals surface area contributed by atoms with E-state index in [0.717, 1.165) is 0 Å². The van der Waals surface area contributed by atoms with Crippen LogP contribution < -0.4 is 5.56 Å². The summed E-state index contributed by atoms with van der Waals surface area (Å²) in [4.78, 5) is 15.6. The van der Waals surface area contributed by atoms with Crippen molar-refractivity contribution in [3.05, 3.63) is 40.1 Å². The molecule has 0 N–H and O–H groups in total. The third kappa shape index (κ3) is 0.988. The highest BCUT2D eigenvalue weighted by molar-refractivity contribution is 5.80. The maximum Gasteiger partial charge on any atom is 0.269 e. The highest BCUT2D eigenvalue weighted by atomic mass is 19.1. The zero-order valence-electron chi connectivity index (χ0n) is 8.20. The van der Waals surface area contributed by atoms with Gasteiger partial charge >= 0.3 is 0 Å². The standard InChI is InChI=1S/C11H9FN2O/c1-6-5-14-9(15)4-13-8-3-2-7(12)10(6)11(8)14/h2-4,6H,5H2,1H3/t6-/m1/s1. The minimum Gasteiger partial charge on any atom is -0.304 e. The SMILES string of the molecule is C[C@@H]1Cn2c(=O)cnc3ccc(F)c1c32. The predicted octanol–water partition coefficient (Wildman–Crippen LogP) is 1.65. The van der Waals surface area contributed by atoms with Crippen molar-refractivity contribution < 1.29 is 4.39 Å². The summed E-state index contributed by atoms with van der Waals surface area (Å²) < 4.78 is 15.2. The third-order valence-electron chi connectivity index (χ3n) is 2.94. The molecule has 76 valence electrons. The van der Waals surface area contributed by atoms with E-state index >= 15 is 0 Å². The molecule has 0 bridgehead atoms. The summed E-state index contributed by atoms with van der Waals surface area (Å²) in [5, 5.41) is 0. The molecule has 1 aliphatic rings. The first-order valence-electron chi connectivity index (χ1n) is 4.86. The molecule has 0 spiro atoms. The van der Waals surface area contributed by atoms with Crippen LogP contribution in [0.2, 0.25) is 0 Å². The van der Waals surface area contributed by atoms with E-state index in [2.05, 4.69) is 4.98 Å². The van der Waals surface area contributed by atoms with Gasteiger partial charge in [-0.3, -0.25) is 4.79 Å². The van der Waals surface area contributed by atoms with Crippen LogP contribution in [-0.2, 0) is 6.54 Å². The van der Waals surface area contributed by atoms with Crippen LogP contribution in [0.1, 0.15) is 18.4 Å². The van der Waals surface area contributed by atoms with Crippen LogP contribution in [0, 0.1) is 5.82 Å². The van der Waals surface area contributed by atoms with Crippen LogP contribution in [-0.4, -0.2) is 9.55 Å². The molecule has 4 heteroatoms. The van der Waals surface area contributed by atoms with Gasteiger partial charge in [0.15, 0.2) is 0 Å². The Morgan fingerprint density at radius 1 is 1.53 bits per heavy atom. The van der Waals surface area contributed by atoms with Crippen LogP contribution in [0.3, 0.4) is 0 Å². The van der Waals surface area contributed by atoms with Gasteiger partial charge in [0, 0.05) is 18.0 Å². The Balaban J connectivity index is 2.59. The third-order valence-corrected chi connectivity index (χ3v) is 2.94. The molecule has 2 heterocycles. The molecule has 0 saturated carbocycles. The highest BCUT2D eigenvalue weighted by Gasteiger charge is 2.25. The second kappa shape index (κ2) is 2.66. The maximum atomic E-state index is 13.6. The minimum atomic E-state index is -0.242. The van der Waals surface area contributed by atoms with Crippen molar-refractivity contribution in [2.75, 3.05) is 0 Å². The molecule has 1 aromatic carbocycles. The summed E-state index contributed by atoms with van der Waals surface area (Å²) in [5.74, 6) is -0.195. The quantitative estimate of drug-likeness (QED) is 0.654. The zero-order valence-corrected chi connectivity index (χ0v) is 8.20.